The molecule has 1 heterocycles. The van der Waals surface area contributed by atoms with Gasteiger partial charge in [-0.1, -0.05) is 37.3 Å². The highest BCUT2D eigenvalue weighted by Gasteiger charge is 2.09. The van der Waals surface area contributed by atoms with Gasteiger partial charge in [0.25, 0.3) is 5.56 Å². The van der Waals surface area contributed by atoms with E-state index in [0.29, 0.717) is 28.2 Å². The van der Waals surface area contributed by atoms with E-state index < -0.39 is 0 Å². The van der Waals surface area contributed by atoms with Gasteiger partial charge in [-0.2, -0.15) is 0 Å². The van der Waals surface area contributed by atoms with Crippen LogP contribution in [0.1, 0.15) is 13.3 Å². The summed E-state index contributed by atoms with van der Waals surface area (Å²) in [4.78, 5) is 25.4. The number of nitrogens with zero attached hydrogens (tertiary/aromatic N) is 1. The summed E-state index contributed by atoms with van der Waals surface area (Å²) in [5.74, 6) is 0. The Hall–Kier alpha value is -2.42. The SMILES string of the molecule is CCCn1c(=O)c2ccccc2c(=O)c2ccccc21. The van der Waals surface area contributed by atoms with E-state index in [1.165, 1.54) is 0 Å². The molecule has 0 saturated heterocycles. The normalized spacial score (nSPS) is 11.1. The molecule has 0 radical (unpaired) electrons. The maximum Gasteiger partial charge on any atom is 0.259 e. The van der Waals surface area contributed by atoms with Crippen molar-refractivity contribution in [2.75, 3.05) is 0 Å². The average molecular weight is 265 g/mol. The Morgan fingerprint density at radius 3 is 2.15 bits per heavy atom. The van der Waals surface area contributed by atoms with Crippen molar-refractivity contribution in [3.63, 3.8) is 0 Å². The fourth-order valence-electron chi connectivity index (χ4n) is 2.61. The Balaban J connectivity index is 2.71. The molecule has 100 valence electrons. The van der Waals surface area contributed by atoms with Gasteiger partial charge in [0.15, 0.2) is 5.43 Å². The zero-order valence-corrected chi connectivity index (χ0v) is 11.3. The van der Waals surface area contributed by atoms with E-state index >= 15 is 0 Å². The number of rotatable bonds is 2. The zero-order valence-electron chi connectivity index (χ0n) is 11.3. The summed E-state index contributed by atoms with van der Waals surface area (Å²) >= 11 is 0. The molecule has 0 saturated carbocycles. The van der Waals surface area contributed by atoms with Gasteiger partial charge >= 0.3 is 0 Å². The molecule has 0 aliphatic carbocycles. The van der Waals surface area contributed by atoms with E-state index in [-0.39, 0.29) is 11.0 Å². The first-order valence-electron chi connectivity index (χ1n) is 6.78. The van der Waals surface area contributed by atoms with Crippen LogP contribution in [0.25, 0.3) is 21.7 Å². The number of benzene rings is 2. The Labute approximate surface area is 116 Å². The van der Waals surface area contributed by atoms with Crippen LogP contribution in [0.3, 0.4) is 0 Å². The molecule has 3 rings (SSSR count). The van der Waals surface area contributed by atoms with Crippen LogP contribution < -0.4 is 11.0 Å². The maximum atomic E-state index is 12.7. The molecule has 0 N–H and O–H groups in total. The Kier molecular flexibility index (Phi) is 3.11. The lowest BCUT2D eigenvalue weighted by Crippen LogP contribution is -2.17. The second kappa shape index (κ2) is 4.93. The molecule has 3 heteroatoms. The van der Waals surface area contributed by atoms with Crippen LogP contribution in [0.5, 0.6) is 0 Å². The first-order valence-corrected chi connectivity index (χ1v) is 6.78. The highest BCUT2D eigenvalue weighted by molar-refractivity contribution is 5.90. The largest absolute Gasteiger partial charge is 0.308 e. The first kappa shape index (κ1) is 12.6. The van der Waals surface area contributed by atoms with E-state index in [1.54, 1.807) is 34.9 Å². The summed E-state index contributed by atoms with van der Waals surface area (Å²) in [7, 11) is 0. The molecular formula is C17H15NO2. The fraction of sp³-hybridized carbons (Fsp3) is 0.176. The lowest BCUT2D eigenvalue weighted by Gasteiger charge is -2.04. The van der Waals surface area contributed by atoms with Crippen LogP contribution in [0.2, 0.25) is 0 Å². The summed E-state index contributed by atoms with van der Waals surface area (Å²) in [6.07, 6.45) is 0.844. The molecule has 0 aliphatic heterocycles. The van der Waals surface area contributed by atoms with Crippen LogP contribution >= 0.6 is 0 Å². The maximum absolute atomic E-state index is 12.7. The molecule has 0 amide bonds. The number of aryl methyl sites for hydroxylation is 1. The van der Waals surface area contributed by atoms with Gasteiger partial charge in [0.05, 0.1) is 10.9 Å². The number of aromatic nitrogens is 1. The third-order valence-electron chi connectivity index (χ3n) is 3.53. The van der Waals surface area contributed by atoms with Crippen LogP contribution in [0.15, 0.2) is 58.1 Å². The van der Waals surface area contributed by atoms with Crippen molar-refractivity contribution in [1.29, 1.82) is 0 Å². The van der Waals surface area contributed by atoms with Crippen LogP contribution in [-0.2, 0) is 6.54 Å². The molecule has 0 bridgehead atoms. The van der Waals surface area contributed by atoms with E-state index in [9.17, 15) is 9.59 Å². The summed E-state index contributed by atoms with van der Waals surface area (Å²) in [5.41, 5.74) is 0.532. The molecule has 2 aromatic carbocycles. The quantitative estimate of drug-likeness (QED) is 0.714. The summed E-state index contributed by atoms with van der Waals surface area (Å²) in [5, 5.41) is 1.57. The lowest BCUT2D eigenvalue weighted by molar-refractivity contribution is 0.684. The standard InChI is InChI=1S/C17H15NO2/c1-2-11-18-15-10-6-5-9-14(15)16(19)12-7-3-4-8-13(12)17(18)20/h3-10H,2,11H2,1H3. The lowest BCUT2D eigenvalue weighted by atomic mass is 10.1. The molecule has 3 nitrogen and oxygen atoms in total. The summed E-state index contributed by atoms with van der Waals surface area (Å²) < 4.78 is 1.71. The van der Waals surface area contributed by atoms with Crippen molar-refractivity contribution in [2.45, 2.75) is 19.9 Å². The molecule has 1 aromatic heterocycles. The molecular weight excluding hydrogens is 250 g/mol. The molecule has 0 spiro atoms. The highest BCUT2D eigenvalue weighted by atomic mass is 16.1. The smallest absolute Gasteiger partial charge is 0.259 e. The number of fused-ring (bicyclic) bond motifs is 2. The van der Waals surface area contributed by atoms with Gasteiger partial charge in [0, 0.05) is 17.3 Å². The first-order chi connectivity index (χ1) is 9.74. The van der Waals surface area contributed by atoms with E-state index in [2.05, 4.69) is 0 Å². The van der Waals surface area contributed by atoms with Gasteiger partial charge in [-0.25, -0.2) is 0 Å². The zero-order chi connectivity index (χ0) is 14.1. The predicted molar refractivity (Wildman–Crippen MR) is 82.3 cm³/mol. The minimum absolute atomic E-state index is 0.0804. The third kappa shape index (κ3) is 1.83. The summed E-state index contributed by atoms with van der Waals surface area (Å²) in [6.45, 7) is 2.63. The summed E-state index contributed by atoms with van der Waals surface area (Å²) in [6, 6.07) is 14.4. The van der Waals surface area contributed by atoms with Crippen molar-refractivity contribution in [1.82, 2.24) is 4.57 Å². The third-order valence-corrected chi connectivity index (χ3v) is 3.53. The molecule has 0 atom stereocenters. The molecule has 20 heavy (non-hydrogen) atoms. The van der Waals surface area contributed by atoms with E-state index in [1.807, 2.05) is 25.1 Å². The van der Waals surface area contributed by atoms with Crippen molar-refractivity contribution < 1.29 is 0 Å². The van der Waals surface area contributed by atoms with Gasteiger partial charge in [-0.3, -0.25) is 9.59 Å². The fourth-order valence-corrected chi connectivity index (χ4v) is 2.61. The van der Waals surface area contributed by atoms with Crippen LogP contribution in [0.4, 0.5) is 0 Å². The van der Waals surface area contributed by atoms with E-state index in [0.717, 1.165) is 6.42 Å². The monoisotopic (exact) mass is 265 g/mol. The highest BCUT2D eigenvalue weighted by Crippen LogP contribution is 2.12. The van der Waals surface area contributed by atoms with Crippen molar-refractivity contribution in [3.8, 4) is 0 Å². The van der Waals surface area contributed by atoms with Crippen LogP contribution in [0, 0.1) is 0 Å². The molecule has 0 aliphatic rings. The number of para-hydroxylation sites is 1. The van der Waals surface area contributed by atoms with Gasteiger partial charge in [-0.15, -0.1) is 0 Å². The van der Waals surface area contributed by atoms with E-state index in [4.69, 9.17) is 0 Å². The predicted octanol–water partition coefficient (Wildman–Crippen LogP) is 2.92. The number of hydrogen-bond donors (Lipinski definition) is 0. The van der Waals surface area contributed by atoms with Gasteiger partial charge in [0.2, 0.25) is 0 Å². The Bertz CT molecular complexity index is 910. The van der Waals surface area contributed by atoms with Crippen molar-refractivity contribution >= 4 is 21.7 Å². The van der Waals surface area contributed by atoms with Gasteiger partial charge in [-0.05, 0) is 24.6 Å². The van der Waals surface area contributed by atoms with Gasteiger partial charge in [0.1, 0.15) is 0 Å². The second-order valence-electron chi connectivity index (χ2n) is 4.85. The molecule has 0 fully saturated rings. The number of hydrogen-bond acceptors (Lipinski definition) is 2. The van der Waals surface area contributed by atoms with Crippen molar-refractivity contribution in [2.24, 2.45) is 0 Å². The van der Waals surface area contributed by atoms with Crippen LogP contribution in [-0.4, -0.2) is 4.57 Å². The average Bonchev–Trinajstić information content (AvgIpc) is 2.58. The minimum Gasteiger partial charge on any atom is -0.308 e. The molecule has 0 unspecified atom stereocenters. The minimum atomic E-state index is -0.0965. The topological polar surface area (TPSA) is 39.1 Å². The Morgan fingerprint density at radius 1 is 0.850 bits per heavy atom. The van der Waals surface area contributed by atoms with Crippen molar-refractivity contribution in [3.05, 3.63) is 69.1 Å². The molecule has 3 aromatic rings. The Morgan fingerprint density at radius 2 is 1.45 bits per heavy atom. The second-order valence-corrected chi connectivity index (χ2v) is 4.85. The van der Waals surface area contributed by atoms with Gasteiger partial charge < -0.3 is 4.57 Å².